The molecule has 0 aromatic carbocycles. The van der Waals surface area contributed by atoms with Crippen LogP contribution in [0.4, 0.5) is 0 Å². The molecule has 11 heteroatoms. The van der Waals surface area contributed by atoms with Crippen LogP contribution < -0.4 is 16.5 Å². The number of nitrogens with one attached hydrogen (secondary N) is 2. The lowest BCUT2D eigenvalue weighted by Gasteiger charge is -2.64. The monoisotopic (exact) mass is 619 g/mol. The Kier molecular flexibility index (Phi) is 14.3. The van der Waals surface area contributed by atoms with Gasteiger partial charge in [-0.05, 0) is 68.6 Å². The number of aliphatic imine (C=N–C) groups is 1. The quantitative estimate of drug-likeness (QED) is 0.0329. The van der Waals surface area contributed by atoms with Gasteiger partial charge < -0.3 is 20.4 Å². The molecular weight excluding hydrogens is 557 g/mol. The molecule has 1 amide bonds. The van der Waals surface area contributed by atoms with Gasteiger partial charge in [0, 0.05) is 12.5 Å². The Labute approximate surface area is 267 Å². The summed E-state index contributed by atoms with van der Waals surface area (Å²) in [5.74, 6) is 0.982. The largest absolute Gasteiger partial charge is 0.481 e. The normalized spacial score (nSPS) is 27.0. The Bertz CT molecular complexity index is 950. The van der Waals surface area contributed by atoms with E-state index in [4.69, 9.17) is 15.0 Å². The van der Waals surface area contributed by atoms with Gasteiger partial charge in [0.05, 0.1) is 17.6 Å². The molecule has 2 bridgehead atoms. The standard InChI is InChI=1S/C33H62BN5O5/c1-7-8-9-10-11-12-13-14-15-16-18-25(19-17-20-36-31(35)38-39(41)42)30(40)37-29(21-24(2)3)34-43-28-23-26-22-27(32(26,4)5)33(28,6)44-34/h24-29H,7-23H2,1-6H3,(H,37,40)(H3,35,36,38)/t25-,26+,27+,28+,29-,33-/m0/s1. The minimum absolute atomic E-state index is 0.0452. The summed E-state index contributed by atoms with van der Waals surface area (Å²) in [6.45, 7) is 13.9. The Morgan fingerprint density at radius 1 is 1.02 bits per heavy atom. The highest BCUT2D eigenvalue weighted by atomic mass is 16.7. The zero-order valence-electron chi connectivity index (χ0n) is 28.6. The number of carbonyl (C=O) groups is 1. The molecule has 0 aromatic rings. The summed E-state index contributed by atoms with van der Waals surface area (Å²) < 4.78 is 13.4. The second-order valence-corrected chi connectivity index (χ2v) is 15.0. The maximum atomic E-state index is 13.8. The van der Waals surface area contributed by atoms with Crippen LogP contribution in [0.5, 0.6) is 0 Å². The van der Waals surface area contributed by atoms with Gasteiger partial charge in [0.25, 0.3) is 5.96 Å². The number of hydrazine groups is 1. The van der Waals surface area contributed by atoms with Crippen LogP contribution in [0.15, 0.2) is 4.99 Å². The highest BCUT2D eigenvalue weighted by molar-refractivity contribution is 6.47. The van der Waals surface area contributed by atoms with Crippen molar-refractivity contribution in [2.75, 3.05) is 6.54 Å². The lowest BCUT2D eigenvalue weighted by Crippen LogP contribution is -2.65. The molecule has 10 nitrogen and oxygen atoms in total. The fraction of sp³-hybridized carbons (Fsp3) is 0.939. The van der Waals surface area contributed by atoms with Crippen molar-refractivity contribution in [1.82, 2.24) is 10.7 Å². The van der Waals surface area contributed by atoms with Gasteiger partial charge in [0.2, 0.25) is 5.91 Å². The van der Waals surface area contributed by atoms with E-state index >= 15 is 0 Å². The van der Waals surface area contributed by atoms with E-state index in [1.165, 1.54) is 57.8 Å². The van der Waals surface area contributed by atoms with Crippen molar-refractivity contribution >= 4 is 19.0 Å². The van der Waals surface area contributed by atoms with Crippen LogP contribution in [0.25, 0.3) is 0 Å². The smallest absolute Gasteiger partial charge is 0.404 e. The van der Waals surface area contributed by atoms with Crippen molar-refractivity contribution in [1.29, 1.82) is 0 Å². The number of hydrogen-bond donors (Lipinski definition) is 3. The Hall–Kier alpha value is -1.88. The molecule has 1 saturated heterocycles. The molecule has 3 saturated carbocycles. The minimum atomic E-state index is -0.719. The third-order valence-electron chi connectivity index (χ3n) is 10.8. The second kappa shape index (κ2) is 17.2. The third-order valence-corrected chi connectivity index (χ3v) is 10.8. The summed E-state index contributed by atoms with van der Waals surface area (Å²) in [6, 6.07) is 0. The van der Waals surface area contributed by atoms with E-state index in [1.807, 2.05) is 5.43 Å². The maximum Gasteiger partial charge on any atom is 0.481 e. The molecular formula is C33H62BN5O5. The molecule has 4 aliphatic rings. The van der Waals surface area contributed by atoms with E-state index in [0.717, 1.165) is 32.1 Å². The van der Waals surface area contributed by atoms with Crippen LogP contribution in [-0.2, 0) is 14.1 Å². The SMILES string of the molecule is CCCCCCCCCCCC[C@@H](CCCN=C(N)N[N+](=O)[O-])C(=O)N[C@@H](CC(C)C)B1O[C@@H]2C[C@H]3C[C@H](C3(C)C)[C@]2(C)O1. The van der Waals surface area contributed by atoms with Crippen molar-refractivity contribution in [3.05, 3.63) is 10.1 Å². The maximum absolute atomic E-state index is 13.8. The molecule has 0 spiro atoms. The van der Waals surface area contributed by atoms with Gasteiger partial charge in [-0.25, -0.2) is 15.1 Å². The molecule has 0 radical (unpaired) electrons. The highest BCUT2D eigenvalue weighted by Gasteiger charge is 2.68. The number of nitro groups is 1. The fourth-order valence-electron chi connectivity index (χ4n) is 8.07. The average Bonchev–Trinajstić information content (AvgIpc) is 3.31. The van der Waals surface area contributed by atoms with Gasteiger partial charge in [0.1, 0.15) is 0 Å². The zero-order valence-corrected chi connectivity index (χ0v) is 28.6. The lowest BCUT2D eigenvalue weighted by molar-refractivity contribution is -0.525. The molecule has 0 unspecified atom stereocenters. The van der Waals surface area contributed by atoms with Crippen molar-refractivity contribution in [3.63, 3.8) is 0 Å². The number of guanidine groups is 1. The van der Waals surface area contributed by atoms with E-state index < -0.39 is 12.2 Å². The first-order valence-electron chi connectivity index (χ1n) is 17.7. The molecule has 44 heavy (non-hydrogen) atoms. The Morgan fingerprint density at radius 3 is 2.23 bits per heavy atom. The molecule has 1 aliphatic heterocycles. The fourth-order valence-corrected chi connectivity index (χ4v) is 8.07. The first-order chi connectivity index (χ1) is 20.9. The van der Waals surface area contributed by atoms with Crippen LogP contribution in [-0.4, -0.2) is 48.2 Å². The van der Waals surface area contributed by atoms with Crippen LogP contribution >= 0.6 is 0 Å². The third kappa shape index (κ3) is 10.1. The number of carbonyl (C=O) groups excluding carboxylic acids is 1. The van der Waals surface area contributed by atoms with E-state index in [9.17, 15) is 14.9 Å². The number of nitrogens with zero attached hydrogens (tertiary/aromatic N) is 2. The molecule has 3 aliphatic carbocycles. The summed E-state index contributed by atoms with van der Waals surface area (Å²) in [5, 5.41) is 13.3. The van der Waals surface area contributed by atoms with Crippen molar-refractivity contribution in [3.8, 4) is 0 Å². The number of hydrogen-bond acceptors (Lipinski definition) is 6. The number of nitrogens with two attached hydrogens (primary N) is 1. The molecule has 252 valence electrons. The number of amides is 1. The predicted molar refractivity (Wildman–Crippen MR) is 177 cm³/mol. The molecule has 1 heterocycles. The van der Waals surface area contributed by atoms with Crippen LogP contribution in [0.1, 0.15) is 144 Å². The first-order valence-corrected chi connectivity index (χ1v) is 17.7. The molecule has 4 rings (SSSR count). The van der Waals surface area contributed by atoms with Gasteiger partial charge >= 0.3 is 7.12 Å². The van der Waals surface area contributed by atoms with Gasteiger partial charge in [-0.2, -0.15) is 0 Å². The zero-order chi connectivity index (χ0) is 32.3. The summed E-state index contributed by atoms with van der Waals surface area (Å²) in [5.41, 5.74) is 7.42. The molecule has 4 fully saturated rings. The summed E-state index contributed by atoms with van der Waals surface area (Å²) in [7, 11) is -0.443. The number of rotatable bonds is 21. The van der Waals surface area contributed by atoms with Gasteiger partial charge in [0.15, 0.2) is 5.03 Å². The van der Waals surface area contributed by atoms with Crippen molar-refractivity contribution in [2.45, 2.75) is 162 Å². The summed E-state index contributed by atoms with van der Waals surface area (Å²) in [6.07, 6.45) is 17.7. The van der Waals surface area contributed by atoms with Crippen molar-refractivity contribution in [2.24, 2.45) is 39.8 Å². The molecule has 6 atom stereocenters. The minimum Gasteiger partial charge on any atom is -0.404 e. The van der Waals surface area contributed by atoms with Crippen molar-refractivity contribution < 1.29 is 19.1 Å². The van der Waals surface area contributed by atoms with Crippen LogP contribution in [0.2, 0.25) is 0 Å². The van der Waals surface area contributed by atoms with Crippen LogP contribution in [0, 0.1) is 39.2 Å². The Morgan fingerprint density at radius 2 is 1.64 bits per heavy atom. The van der Waals surface area contributed by atoms with Crippen LogP contribution in [0.3, 0.4) is 0 Å². The van der Waals surface area contributed by atoms with Gasteiger partial charge in [-0.15, -0.1) is 0 Å². The topological polar surface area (TPSA) is 141 Å². The molecule has 4 N–H and O–H groups in total. The van der Waals surface area contributed by atoms with Gasteiger partial charge in [-0.3, -0.25) is 4.79 Å². The number of unbranched alkanes of at least 4 members (excludes halogenated alkanes) is 9. The highest BCUT2D eigenvalue weighted by Crippen LogP contribution is 2.65. The van der Waals surface area contributed by atoms with E-state index in [1.54, 1.807) is 0 Å². The summed E-state index contributed by atoms with van der Waals surface area (Å²) >= 11 is 0. The predicted octanol–water partition coefficient (Wildman–Crippen LogP) is 6.59. The molecule has 0 aromatic heterocycles. The average molecular weight is 620 g/mol. The lowest BCUT2D eigenvalue weighted by atomic mass is 9.43. The van der Waals surface area contributed by atoms with Gasteiger partial charge in [-0.1, -0.05) is 104 Å². The van der Waals surface area contributed by atoms with E-state index in [2.05, 4.69) is 51.9 Å². The van der Waals surface area contributed by atoms with E-state index in [0.29, 0.717) is 37.1 Å². The second-order valence-electron chi connectivity index (χ2n) is 15.0. The Balaban J connectivity index is 1.56. The van der Waals surface area contributed by atoms with E-state index in [-0.39, 0.29) is 40.8 Å². The summed E-state index contributed by atoms with van der Waals surface area (Å²) in [4.78, 5) is 28.5. The first kappa shape index (κ1) is 36.6.